The Balaban J connectivity index is 1.61. The van der Waals surface area contributed by atoms with Crippen molar-refractivity contribution < 1.29 is 4.79 Å². The van der Waals surface area contributed by atoms with Crippen molar-refractivity contribution in [2.45, 2.75) is 31.8 Å². The van der Waals surface area contributed by atoms with Gasteiger partial charge in [0.1, 0.15) is 4.47 Å². The first-order valence-electron chi connectivity index (χ1n) is 7.98. The fourth-order valence-corrected chi connectivity index (χ4v) is 3.40. The summed E-state index contributed by atoms with van der Waals surface area (Å²) in [6.45, 7) is 5.09. The van der Waals surface area contributed by atoms with Crippen LogP contribution in [0.2, 0.25) is 0 Å². The fraction of sp³-hybridized carbons (Fsp3) is 0.667. The van der Waals surface area contributed by atoms with Crippen LogP contribution in [0.5, 0.6) is 0 Å². The zero-order valence-corrected chi connectivity index (χ0v) is 15.0. The van der Waals surface area contributed by atoms with E-state index in [-0.39, 0.29) is 17.5 Å². The Bertz CT molecular complexity index is 650. The predicted octanol–water partition coefficient (Wildman–Crippen LogP) is 0.332. The van der Waals surface area contributed by atoms with Gasteiger partial charge in [0.15, 0.2) is 0 Å². The maximum absolute atomic E-state index is 12.2. The minimum atomic E-state index is -0.137. The van der Waals surface area contributed by atoms with Crippen LogP contribution in [0.25, 0.3) is 0 Å². The molecule has 2 fully saturated rings. The molecule has 1 aliphatic carbocycles. The molecule has 1 saturated heterocycles. The molecule has 1 aromatic rings. The molecular weight excluding hydrogens is 362 g/mol. The molecule has 7 nitrogen and oxygen atoms in total. The molecule has 8 heteroatoms. The van der Waals surface area contributed by atoms with Crippen molar-refractivity contribution in [1.29, 1.82) is 0 Å². The molecule has 0 radical (unpaired) electrons. The maximum Gasteiger partial charge on any atom is 0.282 e. The van der Waals surface area contributed by atoms with Crippen LogP contribution < -0.4 is 15.8 Å². The highest BCUT2D eigenvalue weighted by molar-refractivity contribution is 9.10. The second-order valence-electron chi connectivity index (χ2n) is 6.25. The monoisotopic (exact) mass is 383 g/mol. The van der Waals surface area contributed by atoms with Crippen molar-refractivity contribution in [3.05, 3.63) is 21.0 Å². The first-order valence-corrected chi connectivity index (χ1v) is 8.78. The molecule has 0 bridgehead atoms. The lowest BCUT2D eigenvalue weighted by Crippen LogP contribution is -2.54. The molecule has 1 atom stereocenters. The van der Waals surface area contributed by atoms with Gasteiger partial charge in [-0.2, -0.15) is 5.10 Å². The van der Waals surface area contributed by atoms with Crippen LogP contribution >= 0.6 is 15.9 Å². The Morgan fingerprint density at radius 1 is 1.35 bits per heavy atom. The summed E-state index contributed by atoms with van der Waals surface area (Å²) in [6.07, 6.45) is 3.93. The number of aryl methyl sites for hydroxylation is 1. The highest BCUT2D eigenvalue weighted by Crippen LogP contribution is 2.23. The number of hydrogen-bond donors (Lipinski definition) is 1. The van der Waals surface area contributed by atoms with E-state index in [9.17, 15) is 9.59 Å². The highest BCUT2D eigenvalue weighted by Gasteiger charge is 2.30. The summed E-state index contributed by atoms with van der Waals surface area (Å²) in [6, 6.07) is 0.289. The second-order valence-corrected chi connectivity index (χ2v) is 7.05. The molecule has 126 valence electrons. The van der Waals surface area contributed by atoms with E-state index in [4.69, 9.17) is 0 Å². The molecule has 0 spiro atoms. The van der Waals surface area contributed by atoms with E-state index in [0.29, 0.717) is 10.5 Å². The number of carbonyl (C=O) groups is 1. The van der Waals surface area contributed by atoms with Gasteiger partial charge in [-0.05, 0) is 35.7 Å². The number of halogens is 1. The Labute approximate surface area is 143 Å². The lowest BCUT2D eigenvalue weighted by atomic mass is 10.2. The Morgan fingerprint density at radius 2 is 2.00 bits per heavy atom. The number of anilines is 1. The van der Waals surface area contributed by atoms with Gasteiger partial charge in [0.2, 0.25) is 5.91 Å². The summed E-state index contributed by atoms with van der Waals surface area (Å²) in [5.41, 5.74) is 0.685. The molecule has 1 unspecified atom stereocenters. The van der Waals surface area contributed by atoms with Gasteiger partial charge in [0, 0.05) is 39.3 Å². The molecule has 1 N–H and O–H groups in total. The minimum Gasteiger partial charge on any atom is -0.367 e. The lowest BCUT2D eigenvalue weighted by molar-refractivity contribution is -0.126. The number of nitrogens with zero attached hydrogens (tertiary/aromatic N) is 4. The van der Waals surface area contributed by atoms with Gasteiger partial charge >= 0.3 is 0 Å². The van der Waals surface area contributed by atoms with Crippen LogP contribution in [-0.4, -0.2) is 58.9 Å². The molecule has 1 aromatic heterocycles. The highest BCUT2D eigenvalue weighted by atomic mass is 79.9. The smallest absolute Gasteiger partial charge is 0.282 e. The molecule has 3 rings (SSSR count). The topological polar surface area (TPSA) is 70.5 Å². The van der Waals surface area contributed by atoms with Crippen LogP contribution in [0.1, 0.15) is 19.8 Å². The molecule has 1 amide bonds. The second kappa shape index (κ2) is 6.60. The van der Waals surface area contributed by atoms with E-state index in [1.54, 1.807) is 13.2 Å². The molecule has 23 heavy (non-hydrogen) atoms. The summed E-state index contributed by atoms with van der Waals surface area (Å²) < 4.78 is 1.86. The van der Waals surface area contributed by atoms with E-state index in [0.717, 1.165) is 44.7 Å². The number of hydrogen-bond acceptors (Lipinski definition) is 5. The average molecular weight is 384 g/mol. The van der Waals surface area contributed by atoms with Gasteiger partial charge in [-0.1, -0.05) is 0 Å². The number of piperazine rings is 1. The zero-order valence-electron chi connectivity index (χ0n) is 13.5. The Hall–Kier alpha value is -1.41. The molecule has 2 heterocycles. The van der Waals surface area contributed by atoms with Gasteiger partial charge < -0.3 is 10.2 Å². The lowest BCUT2D eigenvalue weighted by Gasteiger charge is -2.38. The third-order valence-corrected chi connectivity index (χ3v) is 5.31. The number of aromatic nitrogens is 2. The fourth-order valence-electron chi connectivity index (χ4n) is 2.79. The number of carbonyl (C=O) groups excluding carboxylic acids is 1. The van der Waals surface area contributed by atoms with Gasteiger partial charge in [-0.25, -0.2) is 4.68 Å². The molecular formula is C15H22BrN5O2. The van der Waals surface area contributed by atoms with Crippen LogP contribution in [-0.2, 0) is 11.8 Å². The van der Waals surface area contributed by atoms with E-state index >= 15 is 0 Å². The van der Waals surface area contributed by atoms with Gasteiger partial charge in [-0.15, -0.1) is 0 Å². The molecule has 0 aromatic carbocycles. The Morgan fingerprint density at radius 3 is 2.61 bits per heavy atom. The molecule has 1 saturated carbocycles. The summed E-state index contributed by atoms with van der Waals surface area (Å²) in [5, 5.41) is 7.15. The third kappa shape index (κ3) is 3.58. The Kier molecular flexibility index (Phi) is 4.72. The third-order valence-electron chi connectivity index (χ3n) is 4.57. The zero-order chi connectivity index (χ0) is 16.6. The van der Waals surface area contributed by atoms with Crippen molar-refractivity contribution in [3.8, 4) is 0 Å². The van der Waals surface area contributed by atoms with Crippen molar-refractivity contribution in [2.24, 2.45) is 7.05 Å². The number of rotatable bonds is 4. The first kappa shape index (κ1) is 16.4. The summed E-state index contributed by atoms with van der Waals surface area (Å²) in [7, 11) is 1.63. The van der Waals surface area contributed by atoms with Gasteiger partial charge in [-0.3, -0.25) is 14.5 Å². The standard InChI is InChI=1S/C15H22BrN5O2/c1-10(14(22)18-11-3-4-11)20-5-7-21(8-6-20)12-9-17-19(2)15(23)13(12)16/h9-11H,3-8H2,1-2H3,(H,18,22). The van der Waals surface area contributed by atoms with Crippen LogP contribution in [0.3, 0.4) is 0 Å². The minimum absolute atomic E-state index is 0.108. The van der Waals surface area contributed by atoms with Crippen LogP contribution in [0, 0.1) is 0 Å². The number of amides is 1. The van der Waals surface area contributed by atoms with Crippen molar-refractivity contribution >= 4 is 27.5 Å². The van der Waals surface area contributed by atoms with E-state index in [1.165, 1.54) is 4.68 Å². The SMILES string of the molecule is CC(C(=O)NC1CC1)N1CCN(c2cnn(C)c(=O)c2Br)CC1. The largest absolute Gasteiger partial charge is 0.367 e. The van der Waals surface area contributed by atoms with Crippen molar-refractivity contribution in [1.82, 2.24) is 20.0 Å². The summed E-state index contributed by atoms with van der Waals surface area (Å²) in [4.78, 5) is 28.4. The summed E-state index contributed by atoms with van der Waals surface area (Å²) in [5.74, 6) is 0.123. The van der Waals surface area contributed by atoms with Crippen LogP contribution in [0.15, 0.2) is 15.5 Å². The van der Waals surface area contributed by atoms with E-state index in [1.807, 2.05) is 6.92 Å². The number of nitrogens with one attached hydrogen (secondary N) is 1. The van der Waals surface area contributed by atoms with E-state index < -0.39 is 0 Å². The van der Waals surface area contributed by atoms with Crippen LogP contribution in [0.4, 0.5) is 5.69 Å². The van der Waals surface area contributed by atoms with Crippen molar-refractivity contribution in [3.63, 3.8) is 0 Å². The van der Waals surface area contributed by atoms with Gasteiger partial charge in [0.25, 0.3) is 5.56 Å². The normalized spacial score (nSPS) is 20.4. The van der Waals surface area contributed by atoms with E-state index in [2.05, 4.69) is 36.1 Å². The van der Waals surface area contributed by atoms with Gasteiger partial charge in [0.05, 0.1) is 17.9 Å². The quantitative estimate of drug-likeness (QED) is 0.811. The first-order chi connectivity index (χ1) is 11.0. The predicted molar refractivity (Wildman–Crippen MR) is 91.6 cm³/mol. The van der Waals surface area contributed by atoms with Crippen molar-refractivity contribution in [2.75, 3.05) is 31.1 Å². The molecule has 2 aliphatic rings. The maximum atomic E-state index is 12.2. The summed E-state index contributed by atoms with van der Waals surface area (Å²) >= 11 is 3.38. The molecule has 1 aliphatic heterocycles. The average Bonchev–Trinajstić information content (AvgIpc) is 3.36.